The SMILES string of the molecule is Cc1cc(-c2ncnn3cc(-c4ccc(CN5CCC(c6ccc(NC7CCC(=O)NC7=O)cc6)CC5)cc4)cc23)ccc1CNC(=O)c1nc(C(C)(C)C)co1. The summed E-state index contributed by atoms with van der Waals surface area (Å²) >= 11 is 0. The number of rotatable bonds is 10. The first-order valence-electron chi connectivity index (χ1n) is 19.7. The number of anilines is 1. The Morgan fingerprint density at radius 2 is 1.68 bits per heavy atom. The highest BCUT2D eigenvalue weighted by molar-refractivity contribution is 6.01. The molecule has 1 atom stereocenters. The van der Waals surface area contributed by atoms with Crippen molar-refractivity contribution < 1.29 is 18.8 Å². The van der Waals surface area contributed by atoms with Gasteiger partial charge in [0.25, 0.3) is 5.89 Å². The summed E-state index contributed by atoms with van der Waals surface area (Å²) in [6.45, 7) is 11.4. The van der Waals surface area contributed by atoms with Gasteiger partial charge in [0, 0.05) is 47.9 Å². The zero-order valence-electron chi connectivity index (χ0n) is 32.8. The molecule has 3 amide bonds. The Balaban J connectivity index is 0.858. The molecule has 0 radical (unpaired) electrons. The van der Waals surface area contributed by atoms with E-state index in [9.17, 15) is 14.4 Å². The molecule has 1 unspecified atom stereocenters. The number of aromatic nitrogens is 4. The largest absolute Gasteiger partial charge is 0.441 e. The molecule has 0 aliphatic carbocycles. The molecular formula is C45H48N8O4. The van der Waals surface area contributed by atoms with Crippen LogP contribution in [0.3, 0.4) is 0 Å². The monoisotopic (exact) mass is 764 g/mol. The van der Waals surface area contributed by atoms with E-state index in [1.165, 1.54) is 11.1 Å². The van der Waals surface area contributed by atoms with E-state index in [1.54, 1.807) is 12.6 Å². The molecule has 0 spiro atoms. The van der Waals surface area contributed by atoms with Gasteiger partial charge in [0.15, 0.2) is 0 Å². The van der Waals surface area contributed by atoms with Gasteiger partial charge in [0.1, 0.15) is 18.6 Å². The predicted molar refractivity (Wildman–Crippen MR) is 218 cm³/mol. The van der Waals surface area contributed by atoms with Crippen LogP contribution in [0.4, 0.5) is 5.69 Å². The van der Waals surface area contributed by atoms with Gasteiger partial charge in [-0.15, -0.1) is 0 Å². The van der Waals surface area contributed by atoms with E-state index in [0.717, 1.165) is 82.9 Å². The van der Waals surface area contributed by atoms with Crippen LogP contribution in [0, 0.1) is 6.92 Å². The van der Waals surface area contributed by atoms with E-state index in [-0.39, 0.29) is 35.1 Å². The number of hydrogen-bond donors (Lipinski definition) is 3. The summed E-state index contributed by atoms with van der Waals surface area (Å²) in [5, 5.41) is 13.1. The fourth-order valence-corrected chi connectivity index (χ4v) is 7.69. The van der Waals surface area contributed by atoms with Crippen LogP contribution in [0.25, 0.3) is 27.9 Å². The second-order valence-electron chi connectivity index (χ2n) is 16.3. The van der Waals surface area contributed by atoms with Gasteiger partial charge in [0.05, 0.1) is 16.9 Å². The topological polar surface area (TPSA) is 147 Å². The summed E-state index contributed by atoms with van der Waals surface area (Å²) in [7, 11) is 0. The summed E-state index contributed by atoms with van der Waals surface area (Å²) in [6.07, 6.45) is 8.24. The number of benzene rings is 3. The van der Waals surface area contributed by atoms with Crippen molar-refractivity contribution in [3.63, 3.8) is 0 Å². The average molecular weight is 765 g/mol. The average Bonchev–Trinajstić information content (AvgIpc) is 3.89. The van der Waals surface area contributed by atoms with Crippen LogP contribution in [-0.2, 0) is 28.1 Å². The van der Waals surface area contributed by atoms with E-state index in [4.69, 9.17) is 4.42 Å². The van der Waals surface area contributed by atoms with Crippen molar-refractivity contribution in [2.75, 3.05) is 18.4 Å². The lowest BCUT2D eigenvalue weighted by molar-refractivity contribution is -0.133. The van der Waals surface area contributed by atoms with Crippen LogP contribution in [0.15, 0.2) is 96.0 Å². The van der Waals surface area contributed by atoms with Gasteiger partial charge in [-0.1, -0.05) is 69.3 Å². The fraction of sp³-hybridized carbons (Fsp3) is 0.333. The van der Waals surface area contributed by atoms with Crippen LogP contribution in [0.2, 0.25) is 0 Å². The minimum Gasteiger partial charge on any atom is -0.441 e. The number of carbonyl (C=O) groups is 3. The molecule has 292 valence electrons. The molecule has 12 nitrogen and oxygen atoms in total. The Labute approximate surface area is 332 Å². The van der Waals surface area contributed by atoms with Crippen molar-refractivity contribution in [1.29, 1.82) is 0 Å². The molecule has 0 bridgehead atoms. The van der Waals surface area contributed by atoms with Gasteiger partial charge in [-0.05, 0) is 97.3 Å². The number of piperidine rings is 2. The summed E-state index contributed by atoms with van der Waals surface area (Å²) in [6, 6.07) is 25.1. The third-order valence-corrected chi connectivity index (χ3v) is 11.2. The van der Waals surface area contributed by atoms with Crippen LogP contribution in [0.1, 0.15) is 91.0 Å². The standard InChI is InChI=1S/C45H48N8O4/c1-28-21-33(9-10-34(28)23-46-43(56)44-50-39(26-57-44)45(2,3)4)41-38-22-35(25-53(38)48-27-47-41)31-7-5-29(6-8-31)24-52-19-17-32(18-20-52)30-11-13-36(14-12-30)49-37-15-16-40(54)51-42(37)55/h5-14,21-22,25-27,32,37,49H,15-20,23-24H2,1-4H3,(H,46,56)(H,51,54,55). The zero-order valence-corrected chi connectivity index (χ0v) is 32.8. The van der Waals surface area contributed by atoms with Crippen molar-refractivity contribution in [3.05, 3.63) is 125 Å². The van der Waals surface area contributed by atoms with E-state index >= 15 is 0 Å². The van der Waals surface area contributed by atoms with Crippen LogP contribution in [-0.4, -0.2) is 61.3 Å². The number of fused-ring (bicyclic) bond motifs is 1. The maximum absolute atomic E-state index is 12.7. The van der Waals surface area contributed by atoms with E-state index < -0.39 is 0 Å². The summed E-state index contributed by atoms with van der Waals surface area (Å²) in [5.74, 6) is -0.228. The van der Waals surface area contributed by atoms with Gasteiger partial charge >= 0.3 is 5.91 Å². The van der Waals surface area contributed by atoms with Crippen molar-refractivity contribution in [2.24, 2.45) is 0 Å². The lowest BCUT2D eigenvalue weighted by Gasteiger charge is -2.32. The van der Waals surface area contributed by atoms with Gasteiger partial charge in [-0.25, -0.2) is 14.5 Å². The number of imide groups is 1. The van der Waals surface area contributed by atoms with Crippen molar-refractivity contribution in [3.8, 4) is 22.4 Å². The first-order valence-corrected chi connectivity index (χ1v) is 19.7. The quantitative estimate of drug-likeness (QED) is 0.124. The lowest BCUT2D eigenvalue weighted by Crippen LogP contribution is -2.47. The van der Waals surface area contributed by atoms with Gasteiger partial charge in [0.2, 0.25) is 11.8 Å². The first-order chi connectivity index (χ1) is 27.5. The maximum Gasteiger partial charge on any atom is 0.307 e. The molecule has 3 N–H and O–H groups in total. The number of likely N-dealkylation sites (tertiary alicyclic amines) is 1. The smallest absolute Gasteiger partial charge is 0.307 e. The zero-order chi connectivity index (χ0) is 39.7. The Bertz CT molecular complexity index is 2420. The molecule has 6 aromatic rings. The first kappa shape index (κ1) is 37.8. The molecular weight excluding hydrogens is 717 g/mol. The lowest BCUT2D eigenvalue weighted by atomic mass is 9.89. The molecule has 2 aliphatic rings. The number of carbonyl (C=O) groups excluding carboxylic acids is 3. The van der Waals surface area contributed by atoms with Crippen molar-refractivity contribution in [2.45, 2.75) is 83.8 Å². The predicted octanol–water partition coefficient (Wildman–Crippen LogP) is 7.18. The Hall–Kier alpha value is -6.14. The number of nitrogens with one attached hydrogen (secondary N) is 3. The Morgan fingerprint density at radius 3 is 2.39 bits per heavy atom. The number of hydrogen-bond acceptors (Lipinski definition) is 9. The molecule has 3 aromatic heterocycles. The van der Waals surface area contributed by atoms with Gasteiger partial charge in [-0.3, -0.25) is 24.6 Å². The van der Waals surface area contributed by atoms with E-state index in [1.807, 2.05) is 62.7 Å². The third kappa shape index (κ3) is 8.51. The van der Waals surface area contributed by atoms with Crippen molar-refractivity contribution >= 4 is 28.9 Å². The number of nitrogens with zero attached hydrogens (tertiary/aromatic N) is 5. The van der Waals surface area contributed by atoms with E-state index in [0.29, 0.717) is 25.3 Å². The highest BCUT2D eigenvalue weighted by Gasteiger charge is 2.27. The maximum atomic E-state index is 12.7. The van der Waals surface area contributed by atoms with Crippen LogP contribution >= 0.6 is 0 Å². The second-order valence-corrected chi connectivity index (χ2v) is 16.3. The Morgan fingerprint density at radius 1 is 0.930 bits per heavy atom. The molecule has 12 heteroatoms. The van der Waals surface area contributed by atoms with Crippen LogP contribution < -0.4 is 16.0 Å². The molecule has 2 aliphatic heterocycles. The molecule has 2 saturated heterocycles. The van der Waals surface area contributed by atoms with Crippen LogP contribution in [0.5, 0.6) is 0 Å². The summed E-state index contributed by atoms with van der Waals surface area (Å²) in [4.78, 5) is 47.9. The van der Waals surface area contributed by atoms with Gasteiger partial charge in [-0.2, -0.15) is 5.10 Å². The van der Waals surface area contributed by atoms with Gasteiger partial charge < -0.3 is 15.1 Å². The number of amides is 3. The molecule has 2 fully saturated rings. The minimum absolute atomic E-state index is 0.0664. The summed E-state index contributed by atoms with van der Waals surface area (Å²) in [5.41, 5.74) is 11.0. The minimum atomic E-state index is -0.375. The second kappa shape index (κ2) is 15.8. The molecule has 57 heavy (non-hydrogen) atoms. The molecule has 3 aromatic carbocycles. The van der Waals surface area contributed by atoms with E-state index in [2.05, 4.69) is 84.4 Å². The normalized spacial score (nSPS) is 16.8. The number of aryl methyl sites for hydroxylation is 1. The molecule has 0 saturated carbocycles. The highest BCUT2D eigenvalue weighted by Crippen LogP contribution is 2.32. The fourth-order valence-electron chi connectivity index (χ4n) is 7.69. The third-order valence-electron chi connectivity index (χ3n) is 11.2. The molecule has 8 rings (SSSR count). The molecule has 5 heterocycles. The number of oxazole rings is 1. The Kier molecular flexibility index (Phi) is 10.5. The van der Waals surface area contributed by atoms with Crippen molar-refractivity contribution in [1.82, 2.24) is 35.1 Å². The summed E-state index contributed by atoms with van der Waals surface area (Å²) < 4.78 is 7.32. The highest BCUT2D eigenvalue weighted by atomic mass is 16.4.